The molecule has 0 spiro atoms. The molecule has 1 unspecified atom stereocenters. The summed E-state index contributed by atoms with van der Waals surface area (Å²) in [6.07, 6.45) is 0.971. The summed E-state index contributed by atoms with van der Waals surface area (Å²) >= 11 is 3.47. The molecule has 0 amide bonds. The van der Waals surface area contributed by atoms with Crippen LogP contribution in [0.2, 0.25) is 0 Å². The van der Waals surface area contributed by atoms with Gasteiger partial charge in [-0.15, -0.1) is 0 Å². The standard InChI is InChI=1S/C10H13BrO/c1-2-8(7-12)9-5-3-4-6-10(9)11/h3-6,8,12H,2,7H2,1H3. The summed E-state index contributed by atoms with van der Waals surface area (Å²) in [4.78, 5) is 0. The van der Waals surface area contributed by atoms with Crippen LogP contribution < -0.4 is 0 Å². The lowest BCUT2D eigenvalue weighted by atomic mass is 9.98. The van der Waals surface area contributed by atoms with Crippen LogP contribution in [0.4, 0.5) is 0 Å². The van der Waals surface area contributed by atoms with E-state index >= 15 is 0 Å². The molecule has 0 fully saturated rings. The monoisotopic (exact) mass is 228 g/mol. The van der Waals surface area contributed by atoms with Crippen molar-refractivity contribution < 1.29 is 5.11 Å². The van der Waals surface area contributed by atoms with E-state index in [0.29, 0.717) is 0 Å². The van der Waals surface area contributed by atoms with Gasteiger partial charge in [0.25, 0.3) is 0 Å². The van der Waals surface area contributed by atoms with Crippen molar-refractivity contribution in [3.8, 4) is 0 Å². The van der Waals surface area contributed by atoms with Gasteiger partial charge in [0, 0.05) is 17.0 Å². The average molecular weight is 229 g/mol. The van der Waals surface area contributed by atoms with Crippen LogP contribution in [0.15, 0.2) is 28.7 Å². The van der Waals surface area contributed by atoms with Gasteiger partial charge in [0.1, 0.15) is 0 Å². The number of hydrogen-bond acceptors (Lipinski definition) is 1. The molecule has 1 N–H and O–H groups in total. The van der Waals surface area contributed by atoms with E-state index in [1.165, 1.54) is 5.56 Å². The van der Waals surface area contributed by atoms with E-state index in [2.05, 4.69) is 28.9 Å². The molecule has 1 rings (SSSR count). The Hall–Kier alpha value is -0.340. The second kappa shape index (κ2) is 4.63. The quantitative estimate of drug-likeness (QED) is 0.844. The highest BCUT2D eigenvalue weighted by Gasteiger charge is 2.09. The molecule has 0 bridgehead atoms. The third-order valence-electron chi connectivity index (χ3n) is 2.06. The van der Waals surface area contributed by atoms with Crippen LogP contribution in [0.1, 0.15) is 24.8 Å². The van der Waals surface area contributed by atoms with E-state index in [9.17, 15) is 0 Å². The highest BCUT2D eigenvalue weighted by molar-refractivity contribution is 9.10. The fourth-order valence-electron chi connectivity index (χ4n) is 1.25. The van der Waals surface area contributed by atoms with Gasteiger partial charge in [0.15, 0.2) is 0 Å². The maximum Gasteiger partial charge on any atom is 0.0500 e. The summed E-state index contributed by atoms with van der Waals surface area (Å²) in [5, 5.41) is 9.08. The molecule has 2 heteroatoms. The van der Waals surface area contributed by atoms with Crippen molar-refractivity contribution in [1.29, 1.82) is 0 Å². The van der Waals surface area contributed by atoms with Crippen LogP contribution in [-0.2, 0) is 0 Å². The summed E-state index contributed by atoms with van der Waals surface area (Å²) in [6, 6.07) is 8.04. The van der Waals surface area contributed by atoms with Crippen molar-refractivity contribution in [1.82, 2.24) is 0 Å². The maximum atomic E-state index is 9.08. The van der Waals surface area contributed by atoms with Crippen LogP contribution in [-0.4, -0.2) is 11.7 Å². The minimum Gasteiger partial charge on any atom is -0.396 e. The lowest BCUT2D eigenvalue weighted by Crippen LogP contribution is -2.02. The molecular formula is C10H13BrO. The first-order chi connectivity index (χ1) is 5.79. The molecule has 1 aromatic rings. The molecule has 0 aliphatic heterocycles. The summed E-state index contributed by atoms with van der Waals surface area (Å²) in [5.74, 6) is 0.264. The zero-order valence-corrected chi connectivity index (χ0v) is 8.71. The maximum absolute atomic E-state index is 9.08. The molecule has 66 valence electrons. The van der Waals surface area contributed by atoms with Crippen molar-refractivity contribution >= 4 is 15.9 Å². The van der Waals surface area contributed by atoms with E-state index in [1.807, 2.05) is 18.2 Å². The number of aliphatic hydroxyl groups is 1. The zero-order chi connectivity index (χ0) is 8.97. The first-order valence-corrected chi connectivity index (χ1v) is 4.94. The SMILES string of the molecule is CCC(CO)c1ccccc1Br. The summed E-state index contributed by atoms with van der Waals surface area (Å²) in [5.41, 5.74) is 1.20. The highest BCUT2D eigenvalue weighted by Crippen LogP contribution is 2.26. The van der Waals surface area contributed by atoms with Crippen molar-refractivity contribution in [2.24, 2.45) is 0 Å². The summed E-state index contributed by atoms with van der Waals surface area (Å²) in [6.45, 7) is 2.30. The summed E-state index contributed by atoms with van der Waals surface area (Å²) < 4.78 is 1.09. The molecule has 0 aliphatic carbocycles. The Labute approximate surface area is 81.6 Å². The molecule has 0 saturated carbocycles. The minimum absolute atomic E-state index is 0.221. The van der Waals surface area contributed by atoms with Gasteiger partial charge in [-0.1, -0.05) is 41.1 Å². The molecule has 1 nitrogen and oxygen atoms in total. The molecule has 0 saturated heterocycles. The number of halogens is 1. The van der Waals surface area contributed by atoms with Gasteiger partial charge in [0.2, 0.25) is 0 Å². The van der Waals surface area contributed by atoms with Gasteiger partial charge < -0.3 is 5.11 Å². The Morgan fingerprint density at radius 3 is 2.58 bits per heavy atom. The van der Waals surface area contributed by atoms with Crippen LogP contribution in [0, 0.1) is 0 Å². The normalized spacial score (nSPS) is 12.9. The van der Waals surface area contributed by atoms with Gasteiger partial charge in [-0.25, -0.2) is 0 Å². The lowest BCUT2D eigenvalue weighted by molar-refractivity contribution is 0.262. The van der Waals surface area contributed by atoms with Gasteiger partial charge in [-0.3, -0.25) is 0 Å². The molecule has 12 heavy (non-hydrogen) atoms. The largest absolute Gasteiger partial charge is 0.396 e. The van der Waals surface area contributed by atoms with Crippen LogP contribution in [0.25, 0.3) is 0 Å². The molecule has 0 aliphatic rings. The first kappa shape index (κ1) is 9.75. The van der Waals surface area contributed by atoms with E-state index < -0.39 is 0 Å². The van der Waals surface area contributed by atoms with Crippen LogP contribution in [0.3, 0.4) is 0 Å². The second-order valence-electron chi connectivity index (χ2n) is 2.81. The predicted molar refractivity (Wildman–Crippen MR) is 54.3 cm³/mol. The molecule has 0 aromatic heterocycles. The number of aliphatic hydroxyl groups excluding tert-OH is 1. The topological polar surface area (TPSA) is 20.2 Å². The molecular weight excluding hydrogens is 216 g/mol. The predicted octanol–water partition coefficient (Wildman–Crippen LogP) is 2.94. The molecule has 1 atom stereocenters. The Morgan fingerprint density at radius 2 is 2.08 bits per heavy atom. The van der Waals surface area contributed by atoms with E-state index in [-0.39, 0.29) is 12.5 Å². The smallest absolute Gasteiger partial charge is 0.0500 e. The van der Waals surface area contributed by atoms with Crippen molar-refractivity contribution in [2.45, 2.75) is 19.3 Å². The lowest BCUT2D eigenvalue weighted by Gasteiger charge is -2.13. The highest BCUT2D eigenvalue weighted by atomic mass is 79.9. The Balaban J connectivity index is 2.92. The Bertz CT molecular complexity index is 243. The Kier molecular flexibility index (Phi) is 3.76. The third kappa shape index (κ3) is 2.08. The van der Waals surface area contributed by atoms with Crippen molar-refractivity contribution in [2.75, 3.05) is 6.61 Å². The minimum atomic E-state index is 0.221. The summed E-state index contributed by atoms with van der Waals surface area (Å²) in [7, 11) is 0. The molecule has 1 aromatic carbocycles. The zero-order valence-electron chi connectivity index (χ0n) is 7.13. The molecule has 0 radical (unpaired) electrons. The van der Waals surface area contributed by atoms with E-state index in [4.69, 9.17) is 5.11 Å². The van der Waals surface area contributed by atoms with Crippen LogP contribution in [0.5, 0.6) is 0 Å². The van der Waals surface area contributed by atoms with Crippen molar-refractivity contribution in [3.63, 3.8) is 0 Å². The fourth-order valence-corrected chi connectivity index (χ4v) is 1.86. The molecule has 0 heterocycles. The fraction of sp³-hybridized carbons (Fsp3) is 0.400. The van der Waals surface area contributed by atoms with E-state index in [1.54, 1.807) is 0 Å². The second-order valence-corrected chi connectivity index (χ2v) is 3.66. The third-order valence-corrected chi connectivity index (χ3v) is 2.78. The van der Waals surface area contributed by atoms with E-state index in [0.717, 1.165) is 10.9 Å². The van der Waals surface area contributed by atoms with Gasteiger partial charge >= 0.3 is 0 Å². The Morgan fingerprint density at radius 1 is 1.42 bits per heavy atom. The van der Waals surface area contributed by atoms with Gasteiger partial charge in [0.05, 0.1) is 0 Å². The van der Waals surface area contributed by atoms with Crippen LogP contribution >= 0.6 is 15.9 Å². The van der Waals surface area contributed by atoms with Crippen molar-refractivity contribution in [3.05, 3.63) is 34.3 Å². The first-order valence-electron chi connectivity index (χ1n) is 4.14. The number of benzene rings is 1. The van der Waals surface area contributed by atoms with Gasteiger partial charge in [-0.2, -0.15) is 0 Å². The van der Waals surface area contributed by atoms with Gasteiger partial charge in [-0.05, 0) is 18.1 Å². The number of hydrogen-bond donors (Lipinski definition) is 1. The number of rotatable bonds is 3. The average Bonchev–Trinajstić information content (AvgIpc) is 2.10.